The Morgan fingerprint density at radius 2 is 1.62 bits per heavy atom. The first-order valence-corrected chi connectivity index (χ1v) is 12.4. The Bertz CT molecular complexity index is 902. The first-order chi connectivity index (χ1) is 15.6. The second kappa shape index (κ2) is 10.8. The second-order valence-corrected chi connectivity index (χ2v) is 9.64. The molecule has 1 N–H and O–H groups in total. The van der Waals surface area contributed by atoms with E-state index in [1.165, 1.54) is 11.3 Å². The number of likely N-dealkylation sites (tertiary alicyclic amines) is 2. The van der Waals surface area contributed by atoms with Gasteiger partial charge in [0.1, 0.15) is 6.04 Å². The largest absolute Gasteiger partial charge is 0.342 e. The van der Waals surface area contributed by atoms with E-state index in [1.54, 1.807) is 6.07 Å². The van der Waals surface area contributed by atoms with Crippen LogP contribution in [0.2, 0.25) is 0 Å². The highest BCUT2D eigenvalue weighted by Crippen LogP contribution is 2.25. The number of nitrogens with one attached hydrogen (secondary N) is 1. The van der Waals surface area contributed by atoms with Crippen molar-refractivity contribution in [2.24, 2.45) is 5.92 Å². The summed E-state index contributed by atoms with van der Waals surface area (Å²) >= 11 is 1.38. The zero-order chi connectivity index (χ0) is 22.3. The number of carbonyl (C=O) groups is 3. The van der Waals surface area contributed by atoms with Crippen molar-refractivity contribution < 1.29 is 14.4 Å². The lowest BCUT2D eigenvalue weighted by molar-refractivity contribution is -0.136. The van der Waals surface area contributed by atoms with Crippen LogP contribution < -0.4 is 5.32 Å². The van der Waals surface area contributed by atoms with Gasteiger partial charge < -0.3 is 15.1 Å². The molecule has 3 heterocycles. The maximum Gasteiger partial charge on any atom is 0.262 e. The second-order valence-electron chi connectivity index (χ2n) is 8.69. The summed E-state index contributed by atoms with van der Waals surface area (Å²) in [6.07, 6.45) is 5.02. The van der Waals surface area contributed by atoms with Gasteiger partial charge in [-0.25, -0.2) is 0 Å². The minimum Gasteiger partial charge on any atom is -0.342 e. The van der Waals surface area contributed by atoms with Crippen molar-refractivity contribution in [3.05, 3.63) is 58.3 Å². The third kappa shape index (κ3) is 5.57. The molecule has 0 bridgehead atoms. The summed E-state index contributed by atoms with van der Waals surface area (Å²) in [5, 5.41) is 4.92. The van der Waals surface area contributed by atoms with E-state index >= 15 is 0 Å². The topological polar surface area (TPSA) is 69.7 Å². The number of rotatable bonds is 6. The summed E-state index contributed by atoms with van der Waals surface area (Å²) in [6, 6.07) is 12.9. The smallest absolute Gasteiger partial charge is 0.262 e. The van der Waals surface area contributed by atoms with Gasteiger partial charge in [-0.3, -0.25) is 14.4 Å². The zero-order valence-electron chi connectivity index (χ0n) is 18.4. The molecule has 0 saturated carbocycles. The van der Waals surface area contributed by atoms with Gasteiger partial charge in [0.15, 0.2) is 0 Å². The molecule has 1 aromatic carbocycles. The van der Waals surface area contributed by atoms with Crippen LogP contribution in [-0.2, 0) is 16.0 Å². The number of nitrogens with zero attached hydrogens (tertiary/aromatic N) is 2. The fourth-order valence-corrected chi connectivity index (χ4v) is 5.30. The van der Waals surface area contributed by atoms with Gasteiger partial charge in [0.05, 0.1) is 11.3 Å². The molecule has 2 aliphatic rings. The minimum absolute atomic E-state index is 0.0312. The first-order valence-electron chi connectivity index (χ1n) is 11.6. The molecule has 0 aliphatic carbocycles. The maximum absolute atomic E-state index is 13.4. The van der Waals surface area contributed by atoms with Crippen molar-refractivity contribution in [1.29, 1.82) is 0 Å². The molecule has 3 amide bonds. The van der Waals surface area contributed by atoms with Crippen LogP contribution >= 0.6 is 11.3 Å². The van der Waals surface area contributed by atoms with Gasteiger partial charge in [-0.05, 0) is 55.0 Å². The van der Waals surface area contributed by atoms with Crippen LogP contribution in [0.3, 0.4) is 0 Å². The third-order valence-electron chi connectivity index (χ3n) is 6.53. The molecule has 2 saturated heterocycles. The summed E-state index contributed by atoms with van der Waals surface area (Å²) in [4.78, 5) is 43.4. The van der Waals surface area contributed by atoms with Crippen molar-refractivity contribution in [1.82, 2.24) is 15.1 Å². The predicted molar refractivity (Wildman–Crippen MR) is 125 cm³/mol. The highest BCUT2D eigenvalue weighted by Gasteiger charge is 2.36. The number of carbonyl (C=O) groups excluding carboxylic acids is 3. The van der Waals surface area contributed by atoms with E-state index in [-0.39, 0.29) is 23.6 Å². The van der Waals surface area contributed by atoms with Crippen molar-refractivity contribution in [3.63, 3.8) is 0 Å². The van der Waals surface area contributed by atoms with Crippen LogP contribution in [-0.4, -0.2) is 59.7 Å². The van der Waals surface area contributed by atoms with E-state index in [1.807, 2.05) is 51.6 Å². The van der Waals surface area contributed by atoms with Crippen molar-refractivity contribution >= 4 is 29.1 Å². The van der Waals surface area contributed by atoms with E-state index in [0.717, 1.165) is 50.8 Å². The standard InChI is InChI=1S/C25H31N3O3S/c29-22(18-19-8-3-1-4-9-19)27-15-11-20(12-16-27)23(25(31)28-13-5-2-6-14-28)26-24(30)21-10-7-17-32-21/h1,3-4,7-10,17,20,23H,2,5-6,11-16,18H2,(H,26,30)/t23-/m1/s1. The summed E-state index contributed by atoms with van der Waals surface area (Å²) < 4.78 is 0. The Morgan fingerprint density at radius 1 is 0.906 bits per heavy atom. The van der Waals surface area contributed by atoms with Gasteiger partial charge in [-0.2, -0.15) is 0 Å². The Hall–Kier alpha value is -2.67. The lowest BCUT2D eigenvalue weighted by Gasteiger charge is -2.38. The van der Waals surface area contributed by atoms with Gasteiger partial charge >= 0.3 is 0 Å². The molecule has 4 rings (SSSR count). The molecule has 0 unspecified atom stereocenters. The highest BCUT2D eigenvalue weighted by atomic mass is 32.1. The van der Waals surface area contributed by atoms with Crippen LogP contribution in [0, 0.1) is 5.92 Å². The van der Waals surface area contributed by atoms with Crippen molar-refractivity contribution in [3.8, 4) is 0 Å². The van der Waals surface area contributed by atoms with Crippen LogP contribution in [0.4, 0.5) is 0 Å². The summed E-state index contributed by atoms with van der Waals surface area (Å²) in [5.74, 6) is 0.00639. The molecule has 1 aromatic heterocycles. The highest BCUT2D eigenvalue weighted by molar-refractivity contribution is 7.12. The SMILES string of the molecule is O=C(N[C@@H](C(=O)N1CCCCC1)C1CCN(C(=O)Cc2ccccc2)CC1)c1cccs1. The van der Waals surface area contributed by atoms with Gasteiger partial charge in [0.25, 0.3) is 5.91 Å². The Kier molecular flexibility index (Phi) is 7.58. The summed E-state index contributed by atoms with van der Waals surface area (Å²) in [5.41, 5.74) is 1.01. The van der Waals surface area contributed by atoms with E-state index in [9.17, 15) is 14.4 Å². The first kappa shape index (κ1) is 22.5. The van der Waals surface area contributed by atoms with Gasteiger partial charge in [-0.15, -0.1) is 11.3 Å². The molecule has 170 valence electrons. The summed E-state index contributed by atoms with van der Waals surface area (Å²) in [7, 11) is 0. The van der Waals surface area contributed by atoms with Crippen LogP contribution in [0.1, 0.15) is 47.3 Å². The molecular formula is C25H31N3O3S. The fraction of sp³-hybridized carbons (Fsp3) is 0.480. The molecule has 0 radical (unpaired) electrons. The quantitative estimate of drug-likeness (QED) is 0.729. The molecule has 7 heteroatoms. The molecule has 1 atom stereocenters. The Labute approximate surface area is 193 Å². The maximum atomic E-state index is 13.4. The third-order valence-corrected chi connectivity index (χ3v) is 7.40. The fourth-order valence-electron chi connectivity index (χ4n) is 4.68. The predicted octanol–water partition coefficient (Wildman–Crippen LogP) is 3.34. The lowest BCUT2D eigenvalue weighted by Crippen LogP contribution is -2.55. The number of amides is 3. The van der Waals surface area contributed by atoms with Crippen LogP contribution in [0.5, 0.6) is 0 Å². The van der Waals surface area contributed by atoms with Crippen LogP contribution in [0.25, 0.3) is 0 Å². The van der Waals surface area contributed by atoms with Crippen LogP contribution in [0.15, 0.2) is 47.8 Å². The molecule has 0 spiro atoms. The van der Waals surface area contributed by atoms with Gasteiger partial charge in [0, 0.05) is 26.2 Å². The Morgan fingerprint density at radius 3 is 2.28 bits per heavy atom. The normalized spacial score (nSPS) is 18.2. The molecule has 2 aliphatic heterocycles. The Balaban J connectivity index is 1.40. The molecule has 2 fully saturated rings. The molecular weight excluding hydrogens is 422 g/mol. The monoisotopic (exact) mass is 453 g/mol. The molecule has 6 nitrogen and oxygen atoms in total. The molecule has 32 heavy (non-hydrogen) atoms. The number of hydrogen-bond acceptors (Lipinski definition) is 4. The van der Waals surface area contributed by atoms with E-state index in [2.05, 4.69) is 5.32 Å². The number of benzene rings is 1. The van der Waals surface area contributed by atoms with Gasteiger partial charge in [0.2, 0.25) is 11.8 Å². The minimum atomic E-state index is -0.533. The van der Waals surface area contributed by atoms with Crippen molar-refractivity contribution in [2.45, 2.75) is 44.6 Å². The average Bonchev–Trinajstić information content (AvgIpc) is 3.39. The summed E-state index contributed by atoms with van der Waals surface area (Å²) in [6.45, 7) is 2.77. The van der Waals surface area contributed by atoms with Crippen molar-refractivity contribution in [2.75, 3.05) is 26.2 Å². The van der Waals surface area contributed by atoms with Gasteiger partial charge in [-0.1, -0.05) is 36.4 Å². The number of piperidine rings is 2. The zero-order valence-corrected chi connectivity index (χ0v) is 19.2. The number of hydrogen-bond donors (Lipinski definition) is 1. The van der Waals surface area contributed by atoms with E-state index in [4.69, 9.17) is 0 Å². The number of thiophene rings is 1. The van der Waals surface area contributed by atoms with E-state index in [0.29, 0.717) is 24.4 Å². The molecule has 2 aromatic rings. The van der Waals surface area contributed by atoms with E-state index < -0.39 is 6.04 Å². The average molecular weight is 454 g/mol. The lowest BCUT2D eigenvalue weighted by atomic mass is 9.87.